The van der Waals surface area contributed by atoms with Gasteiger partial charge in [-0.3, -0.25) is 0 Å². The largest absolute Gasteiger partial charge is 0.481 e. The number of ether oxygens (including phenoxy) is 1. The van der Waals surface area contributed by atoms with Gasteiger partial charge in [0.15, 0.2) is 0 Å². The van der Waals surface area contributed by atoms with Crippen LogP contribution in [0.4, 0.5) is 5.82 Å². The molecule has 1 fully saturated rings. The molecule has 0 radical (unpaired) electrons. The summed E-state index contributed by atoms with van der Waals surface area (Å²) in [5, 5.41) is 3.52. The molecule has 1 aliphatic carbocycles. The Hall–Kier alpha value is -1.32. The average molecular weight is 249 g/mol. The van der Waals surface area contributed by atoms with E-state index in [2.05, 4.69) is 29.1 Å². The molecule has 0 saturated heterocycles. The minimum absolute atomic E-state index is 0.523. The summed E-state index contributed by atoms with van der Waals surface area (Å²) >= 11 is 0. The number of aromatic nitrogens is 2. The number of nitrogens with one attached hydrogen (secondary N) is 1. The van der Waals surface area contributed by atoms with Crippen molar-refractivity contribution in [1.82, 2.24) is 9.97 Å². The van der Waals surface area contributed by atoms with Crippen LogP contribution in [-0.4, -0.2) is 23.1 Å². The number of rotatable bonds is 3. The molecule has 1 heterocycles. The predicted octanol–water partition coefficient (Wildman–Crippen LogP) is 3.03. The van der Waals surface area contributed by atoms with Gasteiger partial charge in [-0.2, -0.15) is 4.98 Å². The van der Waals surface area contributed by atoms with E-state index in [4.69, 9.17) is 4.74 Å². The molecular formula is C14H23N3O. The van der Waals surface area contributed by atoms with Gasteiger partial charge in [0.2, 0.25) is 5.88 Å². The molecule has 1 aromatic heterocycles. The molecule has 0 bridgehead atoms. The second-order valence-electron chi connectivity index (χ2n) is 5.45. The molecule has 0 aliphatic heterocycles. The van der Waals surface area contributed by atoms with E-state index in [0.29, 0.717) is 11.9 Å². The van der Waals surface area contributed by atoms with Crippen LogP contribution < -0.4 is 10.1 Å². The summed E-state index contributed by atoms with van der Waals surface area (Å²) in [6.45, 7) is 6.57. The van der Waals surface area contributed by atoms with Crippen LogP contribution in [0.3, 0.4) is 0 Å². The third kappa shape index (κ3) is 3.12. The fourth-order valence-corrected chi connectivity index (χ4v) is 2.61. The molecule has 4 heteroatoms. The summed E-state index contributed by atoms with van der Waals surface area (Å²) in [4.78, 5) is 8.62. The van der Waals surface area contributed by atoms with Gasteiger partial charge in [0.25, 0.3) is 0 Å². The van der Waals surface area contributed by atoms with Gasteiger partial charge in [-0.05, 0) is 38.0 Å². The number of methoxy groups -OCH3 is 1. The fourth-order valence-electron chi connectivity index (χ4n) is 2.61. The number of nitrogens with zero attached hydrogens (tertiary/aromatic N) is 2. The Bertz CT molecular complexity index is 408. The van der Waals surface area contributed by atoms with Crippen LogP contribution in [0.15, 0.2) is 6.07 Å². The quantitative estimate of drug-likeness (QED) is 0.894. The maximum Gasteiger partial charge on any atom is 0.218 e. The van der Waals surface area contributed by atoms with Gasteiger partial charge in [-0.15, -0.1) is 0 Å². The van der Waals surface area contributed by atoms with Gasteiger partial charge in [-0.1, -0.05) is 13.8 Å². The minimum atomic E-state index is 0.523. The van der Waals surface area contributed by atoms with Crippen LogP contribution in [0.5, 0.6) is 5.88 Å². The molecule has 3 unspecified atom stereocenters. The Balaban J connectivity index is 2.03. The number of aryl methyl sites for hydroxylation is 1. The zero-order valence-electron chi connectivity index (χ0n) is 11.7. The molecule has 100 valence electrons. The average Bonchev–Trinajstić information content (AvgIpc) is 2.33. The lowest BCUT2D eigenvalue weighted by Gasteiger charge is -2.32. The minimum Gasteiger partial charge on any atom is -0.481 e. The lowest BCUT2D eigenvalue weighted by Crippen LogP contribution is -2.30. The van der Waals surface area contributed by atoms with E-state index >= 15 is 0 Å². The third-order valence-electron chi connectivity index (χ3n) is 3.97. The second-order valence-corrected chi connectivity index (χ2v) is 5.45. The summed E-state index contributed by atoms with van der Waals surface area (Å²) < 4.78 is 5.17. The van der Waals surface area contributed by atoms with Crippen molar-refractivity contribution in [3.63, 3.8) is 0 Å². The van der Waals surface area contributed by atoms with Crippen molar-refractivity contribution in [1.29, 1.82) is 0 Å². The highest BCUT2D eigenvalue weighted by Crippen LogP contribution is 2.31. The Morgan fingerprint density at radius 1 is 1.22 bits per heavy atom. The number of hydrogen-bond donors (Lipinski definition) is 1. The normalized spacial score (nSPS) is 27.9. The molecule has 1 aromatic rings. The van der Waals surface area contributed by atoms with Crippen LogP contribution >= 0.6 is 0 Å². The standard InChI is InChI=1S/C14H23N3O/c1-9-5-6-12(7-10(9)2)17-13-8-14(18-4)16-11(3)15-13/h8-10,12H,5-7H2,1-4H3,(H,15,16,17). The van der Waals surface area contributed by atoms with Gasteiger partial charge < -0.3 is 10.1 Å². The molecule has 18 heavy (non-hydrogen) atoms. The highest BCUT2D eigenvalue weighted by atomic mass is 16.5. The van der Waals surface area contributed by atoms with Crippen LogP contribution in [0.2, 0.25) is 0 Å². The van der Waals surface area contributed by atoms with Crippen molar-refractivity contribution in [2.75, 3.05) is 12.4 Å². The maximum absolute atomic E-state index is 5.17. The van der Waals surface area contributed by atoms with Crippen molar-refractivity contribution in [2.45, 2.75) is 46.1 Å². The topological polar surface area (TPSA) is 47.0 Å². The maximum atomic E-state index is 5.17. The summed E-state index contributed by atoms with van der Waals surface area (Å²) in [7, 11) is 1.63. The monoisotopic (exact) mass is 249 g/mol. The van der Waals surface area contributed by atoms with E-state index in [1.165, 1.54) is 19.3 Å². The van der Waals surface area contributed by atoms with E-state index in [-0.39, 0.29) is 0 Å². The lowest BCUT2D eigenvalue weighted by molar-refractivity contribution is 0.260. The third-order valence-corrected chi connectivity index (χ3v) is 3.97. The van der Waals surface area contributed by atoms with Crippen molar-refractivity contribution < 1.29 is 4.74 Å². The van der Waals surface area contributed by atoms with Gasteiger partial charge in [-0.25, -0.2) is 4.98 Å². The van der Waals surface area contributed by atoms with Crippen LogP contribution in [0.1, 0.15) is 38.9 Å². The molecule has 1 N–H and O–H groups in total. The zero-order chi connectivity index (χ0) is 13.1. The molecule has 1 saturated carbocycles. The van der Waals surface area contributed by atoms with Crippen molar-refractivity contribution in [3.8, 4) is 5.88 Å². The summed E-state index contributed by atoms with van der Waals surface area (Å²) in [5.74, 6) is 3.87. The highest BCUT2D eigenvalue weighted by Gasteiger charge is 2.24. The van der Waals surface area contributed by atoms with Crippen molar-refractivity contribution in [2.24, 2.45) is 11.8 Å². The molecule has 3 atom stereocenters. The second kappa shape index (κ2) is 5.55. The van der Waals surface area contributed by atoms with Gasteiger partial charge in [0.05, 0.1) is 7.11 Å². The fraction of sp³-hybridized carbons (Fsp3) is 0.714. The van der Waals surface area contributed by atoms with E-state index in [9.17, 15) is 0 Å². The first-order valence-corrected chi connectivity index (χ1v) is 6.74. The first-order chi connectivity index (χ1) is 8.58. The first-order valence-electron chi connectivity index (χ1n) is 6.74. The summed E-state index contributed by atoms with van der Waals surface area (Å²) in [5.41, 5.74) is 0. The molecule has 0 spiro atoms. The predicted molar refractivity (Wildman–Crippen MR) is 72.9 cm³/mol. The Morgan fingerprint density at radius 3 is 2.67 bits per heavy atom. The SMILES string of the molecule is COc1cc(NC2CCC(C)C(C)C2)nc(C)n1. The van der Waals surface area contributed by atoms with Gasteiger partial charge in [0, 0.05) is 12.1 Å². The Kier molecular flexibility index (Phi) is 4.04. The zero-order valence-corrected chi connectivity index (χ0v) is 11.7. The molecule has 0 aromatic carbocycles. The summed E-state index contributed by atoms with van der Waals surface area (Å²) in [6.07, 6.45) is 3.73. The lowest BCUT2D eigenvalue weighted by atomic mass is 9.79. The first kappa shape index (κ1) is 13.1. The Morgan fingerprint density at radius 2 is 2.00 bits per heavy atom. The number of hydrogen-bond acceptors (Lipinski definition) is 4. The molecule has 0 amide bonds. The van der Waals surface area contributed by atoms with Crippen LogP contribution in [-0.2, 0) is 0 Å². The number of anilines is 1. The van der Waals surface area contributed by atoms with Crippen molar-refractivity contribution in [3.05, 3.63) is 11.9 Å². The highest BCUT2D eigenvalue weighted by molar-refractivity contribution is 5.39. The van der Waals surface area contributed by atoms with Crippen LogP contribution in [0, 0.1) is 18.8 Å². The Labute approximate surface area is 109 Å². The van der Waals surface area contributed by atoms with Gasteiger partial charge >= 0.3 is 0 Å². The molecule has 1 aliphatic rings. The van der Waals surface area contributed by atoms with Gasteiger partial charge in [0.1, 0.15) is 11.6 Å². The van der Waals surface area contributed by atoms with E-state index in [1.54, 1.807) is 7.11 Å². The smallest absolute Gasteiger partial charge is 0.218 e. The molecule has 4 nitrogen and oxygen atoms in total. The van der Waals surface area contributed by atoms with E-state index < -0.39 is 0 Å². The summed E-state index contributed by atoms with van der Waals surface area (Å²) in [6, 6.07) is 2.39. The van der Waals surface area contributed by atoms with E-state index in [1.807, 2.05) is 13.0 Å². The van der Waals surface area contributed by atoms with E-state index in [0.717, 1.165) is 23.5 Å². The molecular weight excluding hydrogens is 226 g/mol. The van der Waals surface area contributed by atoms with Crippen LogP contribution in [0.25, 0.3) is 0 Å². The van der Waals surface area contributed by atoms with Crippen molar-refractivity contribution >= 4 is 5.82 Å². The molecule has 2 rings (SSSR count).